The molecule has 1 unspecified atom stereocenters. The first-order chi connectivity index (χ1) is 16.0. The molecule has 0 spiro atoms. The molecule has 0 saturated heterocycles. The molecule has 0 heterocycles. The Morgan fingerprint density at radius 1 is 0.788 bits per heavy atom. The van der Waals surface area contributed by atoms with Gasteiger partial charge in [0.1, 0.15) is 0 Å². The fraction of sp³-hybridized carbons (Fsp3) is 0.846. The van der Waals surface area contributed by atoms with Crippen molar-refractivity contribution in [2.75, 3.05) is 18.4 Å². The van der Waals surface area contributed by atoms with Crippen molar-refractivity contribution in [3.63, 3.8) is 0 Å². The molecule has 0 aliphatic rings. The first-order valence-corrected chi connectivity index (χ1v) is 14.3. The summed E-state index contributed by atoms with van der Waals surface area (Å²) in [7, 11) is 0. The van der Waals surface area contributed by atoms with E-state index in [1.165, 1.54) is 89.9 Å². The number of ether oxygens (including phenoxy) is 1. The van der Waals surface area contributed by atoms with Gasteiger partial charge in [-0.25, -0.2) is 4.79 Å². The Labute approximate surface area is 210 Å². The van der Waals surface area contributed by atoms with Gasteiger partial charge >= 0.3 is 6.09 Å². The van der Waals surface area contributed by atoms with Crippen molar-refractivity contribution in [3.05, 3.63) is 12.2 Å². The highest BCUT2D eigenvalue weighted by atomic mass is 79.9. The van der Waals surface area contributed by atoms with Gasteiger partial charge in [0.05, 0.1) is 6.42 Å². The second kappa shape index (κ2) is 24.1. The fourth-order valence-electron chi connectivity index (χ4n) is 3.63. The Bertz CT molecular complexity index is 503. The quantitative estimate of drug-likeness (QED) is 0.0587. The highest BCUT2D eigenvalue weighted by molar-refractivity contribution is 9.09. The van der Waals surface area contributed by atoms with E-state index in [1.54, 1.807) is 0 Å². The van der Waals surface area contributed by atoms with E-state index >= 15 is 0 Å². The lowest BCUT2D eigenvalue weighted by Gasteiger charge is -2.15. The van der Waals surface area contributed by atoms with Gasteiger partial charge in [0, 0.05) is 18.4 Å². The third kappa shape index (κ3) is 22.5. The summed E-state index contributed by atoms with van der Waals surface area (Å²) in [4.78, 5) is 23.3. The van der Waals surface area contributed by atoms with E-state index in [4.69, 9.17) is 4.74 Å². The number of halogens is 1. The van der Waals surface area contributed by atoms with Crippen LogP contribution in [0.3, 0.4) is 0 Å². The van der Waals surface area contributed by atoms with Gasteiger partial charge in [-0.05, 0) is 12.0 Å². The van der Waals surface area contributed by atoms with E-state index in [9.17, 15) is 14.7 Å². The van der Waals surface area contributed by atoms with Gasteiger partial charge in [0.15, 0.2) is 0 Å². The van der Waals surface area contributed by atoms with Crippen LogP contribution in [0.1, 0.15) is 116 Å². The summed E-state index contributed by atoms with van der Waals surface area (Å²) in [6, 6.07) is 0. The van der Waals surface area contributed by atoms with Gasteiger partial charge in [-0.1, -0.05) is 126 Å². The second-order valence-electron chi connectivity index (χ2n) is 8.86. The minimum Gasteiger partial charge on any atom is -0.416 e. The van der Waals surface area contributed by atoms with E-state index in [-0.39, 0.29) is 17.9 Å². The maximum absolute atomic E-state index is 11.9. The van der Waals surface area contributed by atoms with Crippen molar-refractivity contribution >= 4 is 27.9 Å². The molecule has 0 radical (unpaired) electrons. The fourth-order valence-corrected chi connectivity index (χ4v) is 3.83. The number of alkyl halides is 1. The third-order valence-corrected chi connectivity index (χ3v) is 6.07. The number of rotatable bonds is 23. The molecule has 7 heteroatoms. The van der Waals surface area contributed by atoms with Crippen molar-refractivity contribution < 1.29 is 19.4 Å². The first-order valence-electron chi connectivity index (χ1n) is 13.1. The van der Waals surface area contributed by atoms with Gasteiger partial charge in [0.2, 0.25) is 12.2 Å². The lowest BCUT2D eigenvalue weighted by Crippen LogP contribution is -2.32. The number of carbonyl (C=O) groups is 2. The molecule has 3 N–H and O–H groups in total. The smallest absolute Gasteiger partial charge is 0.409 e. The van der Waals surface area contributed by atoms with Crippen molar-refractivity contribution in [2.45, 2.75) is 122 Å². The average Bonchev–Trinajstić information content (AvgIpc) is 2.79. The maximum Gasteiger partial charge on any atom is 0.409 e. The highest BCUT2D eigenvalue weighted by Gasteiger charge is 2.16. The Hall–Kier alpha value is -1.08. The highest BCUT2D eigenvalue weighted by Crippen LogP contribution is 2.13. The average molecular weight is 534 g/mol. The van der Waals surface area contributed by atoms with Crippen molar-refractivity contribution in [1.29, 1.82) is 0 Å². The minimum absolute atomic E-state index is 0.0637. The zero-order chi connectivity index (χ0) is 24.6. The van der Waals surface area contributed by atoms with Crippen LogP contribution in [0.2, 0.25) is 0 Å². The number of carbonyl (C=O) groups excluding carboxylic acids is 2. The summed E-state index contributed by atoms with van der Waals surface area (Å²) in [6.45, 7) is 6.90. The summed E-state index contributed by atoms with van der Waals surface area (Å²) in [5.74, 6) is -0.218. The van der Waals surface area contributed by atoms with Crippen LogP contribution in [-0.4, -0.2) is 41.8 Å². The van der Waals surface area contributed by atoms with E-state index in [0.717, 1.165) is 12.8 Å². The molecule has 194 valence electrons. The van der Waals surface area contributed by atoms with Crippen LogP contribution >= 0.6 is 15.9 Å². The summed E-state index contributed by atoms with van der Waals surface area (Å²) in [5.41, 5.74) is 0.161. The van der Waals surface area contributed by atoms with E-state index < -0.39 is 12.4 Å². The Kier molecular flexibility index (Phi) is 23.3. The van der Waals surface area contributed by atoms with Crippen LogP contribution in [0.4, 0.5) is 4.79 Å². The van der Waals surface area contributed by atoms with Crippen molar-refractivity contribution in [2.24, 2.45) is 0 Å². The molecule has 33 heavy (non-hydrogen) atoms. The lowest BCUT2D eigenvalue weighted by atomic mass is 10.0. The standard InChI is InChI=1S/C26H49BrN2O4/c1-3-4-5-6-7-8-9-10-11-12-13-14-15-16-17-18-20-28-24(30)22-23(2)25(31)33-26(32)29-21-19-27/h25,31H,2-22H2,1H3,(H,28,30)(H,29,32). The number of aliphatic hydroxyl groups is 1. The number of hydrogen-bond acceptors (Lipinski definition) is 4. The van der Waals surface area contributed by atoms with Gasteiger partial charge in [-0.15, -0.1) is 0 Å². The first kappa shape index (κ1) is 31.9. The van der Waals surface area contributed by atoms with Crippen molar-refractivity contribution in [1.82, 2.24) is 10.6 Å². The number of amides is 2. The molecule has 0 aromatic carbocycles. The van der Waals surface area contributed by atoms with Gasteiger partial charge < -0.3 is 20.5 Å². The molecule has 0 aliphatic carbocycles. The molecule has 2 amide bonds. The van der Waals surface area contributed by atoms with Crippen LogP contribution in [0.5, 0.6) is 0 Å². The molecule has 1 atom stereocenters. The SMILES string of the molecule is C=C(CC(=O)NCCCCCCCCCCCCCCCCCC)C(O)OC(=O)NCCBr. The van der Waals surface area contributed by atoms with E-state index in [0.29, 0.717) is 18.4 Å². The molecule has 0 saturated carbocycles. The van der Waals surface area contributed by atoms with Crippen LogP contribution in [0.25, 0.3) is 0 Å². The molecular formula is C26H49BrN2O4. The molecule has 0 fully saturated rings. The summed E-state index contributed by atoms with van der Waals surface area (Å²) < 4.78 is 4.76. The number of aliphatic hydroxyl groups excluding tert-OH is 1. The number of alkyl carbamates (subject to hydrolysis) is 1. The Morgan fingerprint density at radius 2 is 1.24 bits per heavy atom. The molecule has 0 rings (SSSR count). The summed E-state index contributed by atoms with van der Waals surface area (Å²) >= 11 is 3.17. The normalized spacial score (nSPS) is 11.7. The van der Waals surface area contributed by atoms with E-state index in [1.807, 2.05) is 0 Å². The number of unbranched alkanes of at least 4 members (excludes halogenated alkanes) is 15. The Morgan fingerprint density at radius 3 is 1.70 bits per heavy atom. The monoisotopic (exact) mass is 532 g/mol. The van der Waals surface area contributed by atoms with Crippen LogP contribution < -0.4 is 10.6 Å². The molecule has 0 aromatic rings. The predicted molar refractivity (Wildman–Crippen MR) is 141 cm³/mol. The molecule has 0 aromatic heterocycles. The third-order valence-electron chi connectivity index (χ3n) is 5.67. The van der Waals surface area contributed by atoms with Crippen LogP contribution in [0.15, 0.2) is 12.2 Å². The topological polar surface area (TPSA) is 87.7 Å². The second-order valence-corrected chi connectivity index (χ2v) is 9.65. The number of hydrogen-bond donors (Lipinski definition) is 3. The van der Waals surface area contributed by atoms with E-state index in [2.05, 4.69) is 40.1 Å². The largest absolute Gasteiger partial charge is 0.416 e. The number of nitrogens with one attached hydrogen (secondary N) is 2. The predicted octanol–water partition coefficient (Wildman–Crippen LogP) is 6.75. The van der Waals surface area contributed by atoms with Gasteiger partial charge in [-0.3, -0.25) is 4.79 Å². The van der Waals surface area contributed by atoms with Crippen LogP contribution in [-0.2, 0) is 9.53 Å². The molecule has 0 aliphatic heterocycles. The maximum atomic E-state index is 11.9. The molecular weight excluding hydrogens is 484 g/mol. The van der Waals surface area contributed by atoms with Crippen molar-refractivity contribution in [3.8, 4) is 0 Å². The Balaban J connectivity index is 3.43. The summed E-state index contributed by atoms with van der Waals surface area (Å²) in [5, 5.41) is 15.6. The zero-order valence-corrected chi connectivity index (χ0v) is 22.6. The van der Waals surface area contributed by atoms with Crippen LogP contribution in [0, 0.1) is 0 Å². The molecule has 0 bridgehead atoms. The zero-order valence-electron chi connectivity index (χ0n) is 21.0. The summed E-state index contributed by atoms with van der Waals surface area (Å²) in [6.07, 6.45) is 18.8. The lowest BCUT2D eigenvalue weighted by molar-refractivity contribution is -0.121. The molecule has 6 nitrogen and oxygen atoms in total. The van der Waals surface area contributed by atoms with Gasteiger partial charge in [-0.2, -0.15) is 0 Å². The van der Waals surface area contributed by atoms with Gasteiger partial charge in [0.25, 0.3) is 0 Å². The minimum atomic E-state index is -1.48.